The average Bonchev–Trinajstić information content (AvgIpc) is 3.41. The molecule has 210 valence electrons. The zero-order valence-electron chi connectivity index (χ0n) is 22.6. The molecule has 11 nitrogen and oxygen atoms in total. The van der Waals surface area contributed by atoms with E-state index in [9.17, 15) is 18.0 Å². The maximum absolute atomic E-state index is 14.0. The van der Waals surface area contributed by atoms with E-state index in [4.69, 9.17) is 0 Å². The average molecular weight is 556 g/mol. The van der Waals surface area contributed by atoms with Crippen molar-refractivity contribution in [3.05, 3.63) is 66.6 Å². The minimum absolute atomic E-state index is 0.104. The van der Waals surface area contributed by atoms with Crippen LogP contribution in [0.3, 0.4) is 0 Å². The number of hydrogen-bond acceptors (Lipinski definition) is 7. The first-order chi connectivity index (χ1) is 18.8. The molecule has 2 aliphatic rings. The minimum Gasteiger partial charge on any atom is -0.365 e. The molecule has 2 aliphatic heterocycles. The molecule has 3 heterocycles. The number of sulfonamides is 1. The lowest BCUT2D eigenvalue weighted by Gasteiger charge is -2.40. The van der Waals surface area contributed by atoms with E-state index >= 15 is 0 Å². The van der Waals surface area contributed by atoms with Crippen LogP contribution in [0.5, 0.6) is 0 Å². The monoisotopic (exact) mass is 555 g/mol. The van der Waals surface area contributed by atoms with Crippen LogP contribution in [0.1, 0.15) is 18.4 Å². The number of carbonyl (C=O) groups excluding carboxylic acids is 2. The van der Waals surface area contributed by atoms with E-state index in [1.807, 2.05) is 42.3 Å². The van der Waals surface area contributed by atoms with Gasteiger partial charge in [-0.1, -0.05) is 36.4 Å². The standard InChI is InChI=1S/C27H37N7O4S/c1-4-14-30(2)26(27(36)32-16-12-28-13-17-32)25(22-9-6-5-7-10-22)34(21-35)23-11-8-15-33(19-23)39(37,38)24-18-29-31(3)20-24/h4-7,9-10,18,20-21,23,28H,1,8,11-17,19H2,2-3H3/b26-25-. The molecule has 0 spiro atoms. The number of likely N-dealkylation sites (N-methyl/N-ethyl adjacent to an activating group) is 1. The summed E-state index contributed by atoms with van der Waals surface area (Å²) in [4.78, 5) is 32.2. The Morgan fingerprint density at radius 2 is 1.92 bits per heavy atom. The highest BCUT2D eigenvalue weighted by Crippen LogP contribution is 2.31. The van der Waals surface area contributed by atoms with Crippen LogP contribution in [0, 0.1) is 0 Å². The Morgan fingerprint density at radius 3 is 2.54 bits per heavy atom. The summed E-state index contributed by atoms with van der Waals surface area (Å²) < 4.78 is 29.7. The third kappa shape index (κ3) is 6.23. The SMILES string of the molecule is C=CCN(C)/C(C(=O)N1CCNCC1)=C(/c1ccccc1)N(C=O)C1CCCN(S(=O)(=O)c2cnn(C)c2)C1. The first-order valence-electron chi connectivity index (χ1n) is 13.1. The van der Waals surface area contributed by atoms with Crippen LogP contribution in [0.15, 0.2) is 66.0 Å². The highest BCUT2D eigenvalue weighted by molar-refractivity contribution is 7.89. The predicted octanol–water partition coefficient (Wildman–Crippen LogP) is 0.950. The molecule has 1 aromatic carbocycles. The molecule has 1 unspecified atom stereocenters. The van der Waals surface area contributed by atoms with Crippen molar-refractivity contribution in [2.75, 3.05) is 52.9 Å². The summed E-state index contributed by atoms with van der Waals surface area (Å²) in [6.45, 7) is 7.16. The first-order valence-corrected chi connectivity index (χ1v) is 14.6. The van der Waals surface area contributed by atoms with Crippen LogP contribution in [0.25, 0.3) is 5.70 Å². The van der Waals surface area contributed by atoms with Crippen molar-refractivity contribution >= 4 is 28.0 Å². The van der Waals surface area contributed by atoms with Gasteiger partial charge in [0.2, 0.25) is 16.4 Å². The summed E-state index contributed by atoms with van der Waals surface area (Å²) >= 11 is 0. The molecule has 2 amide bonds. The van der Waals surface area contributed by atoms with Crippen molar-refractivity contribution in [1.82, 2.24) is 34.1 Å². The normalized spacial score (nSPS) is 19.2. The third-order valence-corrected chi connectivity index (χ3v) is 8.92. The molecule has 12 heteroatoms. The summed E-state index contributed by atoms with van der Waals surface area (Å²) in [6, 6.07) is 8.86. The Balaban J connectivity index is 1.79. The molecule has 2 aromatic rings. The van der Waals surface area contributed by atoms with E-state index < -0.39 is 16.1 Å². The number of piperidine rings is 1. The highest BCUT2D eigenvalue weighted by Gasteiger charge is 2.37. The molecule has 0 radical (unpaired) electrons. The highest BCUT2D eigenvalue weighted by atomic mass is 32.2. The number of aryl methyl sites for hydroxylation is 1. The van der Waals surface area contributed by atoms with E-state index in [0.717, 1.165) is 6.41 Å². The maximum Gasteiger partial charge on any atom is 0.272 e. The molecule has 39 heavy (non-hydrogen) atoms. The number of rotatable bonds is 10. The fourth-order valence-electron chi connectivity index (χ4n) is 5.12. The molecule has 4 rings (SSSR count). The van der Waals surface area contributed by atoms with Gasteiger partial charge in [-0.3, -0.25) is 14.3 Å². The van der Waals surface area contributed by atoms with Gasteiger partial charge >= 0.3 is 0 Å². The van der Waals surface area contributed by atoms with Gasteiger partial charge in [0, 0.05) is 71.7 Å². The summed E-state index contributed by atoms with van der Waals surface area (Å²) in [7, 11) is -0.324. The Kier molecular flexibility index (Phi) is 9.20. The minimum atomic E-state index is -3.80. The van der Waals surface area contributed by atoms with Crippen LogP contribution in [-0.4, -0.2) is 108 Å². The summed E-state index contributed by atoms with van der Waals surface area (Å²) in [5.41, 5.74) is 1.54. The molecule has 1 atom stereocenters. The van der Waals surface area contributed by atoms with E-state index in [2.05, 4.69) is 17.0 Å². The van der Waals surface area contributed by atoms with Gasteiger partial charge in [-0.05, 0) is 12.8 Å². The van der Waals surface area contributed by atoms with Crippen LogP contribution < -0.4 is 5.32 Å². The fraction of sp³-hybridized carbons (Fsp3) is 0.444. The number of piperazine rings is 1. The second kappa shape index (κ2) is 12.6. The van der Waals surface area contributed by atoms with Gasteiger partial charge in [0.25, 0.3) is 5.91 Å². The molecular weight excluding hydrogens is 518 g/mol. The number of nitrogens with zero attached hydrogens (tertiary/aromatic N) is 6. The molecule has 1 aromatic heterocycles. The quantitative estimate of drug-likeness (QED) is 0.264. The Morgan fingerprint density at radius 1 is 1.21 bits per heavy atom. The predicted molar refractivity (Wildman–Crippen MR) is 149 cm³/mol. The van der Waals surface area contributed by atoms with Gasteiger partial charge in [-0.25, -0.2) is 8.42 Å². The van der Waals surface area contributed by atoms with Crippen molar-refractivity contribution in [2.45, 2.75) is 23.8 Å². The maximum atomic E-state index is 14.0. The molecule has 0 bridgehead atoms. The largest absolute Gasteiger partial charge is 0.365 e. The van der Waals surface area contributed by atoms with Crippen molar-refractivity contribution < 1.29 is 18.0 Å². The number of carbonyl (C=O) groups is 2. The second-order valence-corrected chi connectivity index (χ2v) is 11.7. The van der Waals surface area contributed by atoms with Gasteiger partial charge in [0.1, 0.15) is 10.6 Å². The van der Waals surface area contributed by atoms with Gasteiger partial charge < -0.3 is 20.0 Å². The molecule has 0 saturated carbocycles. The van der Waals surface area contributed by atoms with Crippen molar-refractivity contribution in [1.29, 1.82) is 0 Å². The smallest absolute Gasteiger partial charge is 0.272 e. The van der Waals surface area contributed by atoms with Crippen LogP contribution >= 0.6 is 0 Å². The van der Waals surface area contributed by atoms with Crippen LogP contribution in [0.4, 0.5) is 0 Å². The van der Waals surface area contributed by atoms with Gasteiger partial charge in [0.15, 0.2) is 0 Å². The topological polar surface area (TPSA) is 111 Å². The number of benzene rings is 1. The summed E-state index contributed by atoms with van der Waals surface area (Å²) in [5, 5.41) is 7.29. The number of amides is 2. The van der Waals surface area contributed by atoms with Gasteiger partial charge in [-0.2, -0.15) is 9.40 Å². The summed E-state index contributed by atoms with van der Waals surface area (Å²) in [5.74, 6) is -0.179. The third-order valence-electron chi connectivity index (χ3n) is 7.11. The Labute approximate surface area is 230 Å². The molecule has 0 aliphatic carbocycles. The summed E-state index contributed by atoms with van der Waals surface area (Å²) in [6.07, 6.45) is 6.40. The van der Waals surface area contributed by atoms with Gasteiger partial charge in [-0.15, -0.1) is 6.58 Å². The lowest BCUT2D eigenvalue weighted by molar-refractivity contribution is -0.129. The zero-order chi connectivity index (χ0) is 28.0. The lowest BCUT2D eigenvalue weighted by atomic mass is 10.0. The van der Waals surface area contributed by atoms with E-state index in [1.54, 1.807) is 22.9 Å². The fourth-order valence-corrected chi connectivity index (χ4v) is 6.62. The van der Waals surface area contributed by atoms with Crippen LogP contribution in [0.2, 0.25) is 0 Å². The molecule has 2 saturated heterocycles. The molecular formula is C27H37N7O4S. The number of aromatic nitrogens is 2. The van der Waals surface area contributed by atoms with E-state index in [0.29, 0.717) is 69.1 Å². The van der Waals surface area contributed by atoms with Crippen molar-refractivity contribution in [3.8, 4) is 0 Å². The van der Waals surface area contributed by atoms with E-state index in [1.165, 1.54) is 21.4 Å². The van der Waals surface area contributed by atoms with Gasteiger partial charge in [0.05, 0.1) is 17.9 Å². The lowest BCUT2D eigenvalue weighted by Crippen LogP contribution is -2.51. The van der Waals surface area contributed by atoms with E-state index in [-0.39, 0.29) is 17.3 Å². The van der Waals surface area contributed by atoms with Crippen molar-refractivity contribution in [3.63, 3.8) is 0 Å². The number of nitrogens with one attached hydrogen (secondary N) is 1. The molecule has 2 fully saturated rings. The van der Waals surface area contributed by atoms with Crippen molar-refractivity contribution in [2.24, 2.45) is 7.05 Å². The second-order valence-electron chi connectivity index (χ2n) is 9.80. The zero-order valence-corrected chi connectivity index (χ0v) is 23.4. The Bertz CT molecular complexity index is 1300. The van der Waals surface area contributed by atoms with Crippen LogP contribution in [-0.2, 0) is 26.7 Å². The Hall–Kier alpha value is -3.48. The first kappa shape index (κ1) is 28.5. The molecule has 1 N–H and O–H groups in total. The number of hydrogen-bond donors (Lipinski definition) is 1.